The lowest BCUT2D eigenvalue weighted by Gasteiger charge is -2.02. The van der Waals surface area contributed by atoms with Gasteiger partial charge in [-0.2, -0.15) is 0 Å². The summed E-state index contributed by atoms with van der Waals surface area (Å²) in [4.78, 5) is 6.72. The van der Waals surface area contributed by atoms with E-state index in [1.807, 2.05) is 0 Å². The predicted octanol–water partition coefficient (Wildman–Crippen LogP) is 2.01. The Balaban J connectivity index is 3.53. The monoisotopic (exact) mass is 179 g/mol. The minimum absolute atomic E-state index is 0.355. The standard InChI is InChI=1S/C8H9N3S/c1-3-5-6(4-2)10-8(12)11-7(5)9/h3-4H,1-2H2,(H3,9,10,11,12). The maximum atomic E-state index is 5.59. The molecule has 0 aliphatic heterocycles. The summed E-state index contributed by atoms with van der Waals surface area (Å²) in [6.45, 7) is 7.22. The maximum Gasteiger partial charge on any atom is 0.199 e. The van der Waals surface area contributed by atoms with Gasteiger partial charge in [0.05, 0.1) is 5.69 Å². The quantitative estimate of drug-likeness (QED) is 0.683. The van der Waals surface area contributed by atoms with E-state index in [-0.39, 0.29) is 0 Å². The van der Waals surface area contributed by atoms with Crippen LogP contribution in [0.4, 0.5) is 5.82 Å². The Bertz CT molecular complexity index is 378. The van der Waals surface area contributed by atoms with E-state index < -0.39 is 0 Å². The van der Waals surface area contributed by atoms with Gasteiger partial charge in [0.2, 0.25) is 0 Å². The molecule has 1 aromatic heterocycles. The number of hydrogen-bond donors (Lipinski definition) is 2. The molecule has 0 saturated heterocycles. The molecule has 0 aliphatic rings. The molecular formula is C8H9N3S. The van der Waals surface area contributed by atoms with Gasteiger partial charge in [-0.1, -0.05) is 19.2 Å². The van der Waals surface area contributed by atoms with Crippen LogP contribution < -0.4 is 5.73 Å². The number of rotatable bonds is 2. The molecule has 62 valence electrons. The van der Waals surface area contributed by atoms with Crippen molar-refractivity contribution in [3.05, 3.63) is 29.2 Å². The van der Waals surface area contributed by atoms with Crippen LogP contribution in [-0.2, 0) is 0 Å². The number of aromatic amines is 1. The molecule has 0 aliphatic carbocycles. The molecule has 0 atom stereocenters. The zero-order chi connectivity index (χ0) is 9.14. The number of hydrogen-bond acceptors (Lipinski definition) is 3. The Morgan fingerprint density at radius 3 is 2.58 bits per heavy atom. The Morgan fingerprint density at radius 1 is 1.42 bits per heavy atom. The molecule has 0 radical (unpaired) electrons. The molecule has 12 heavy (non-hydrogen) atoms. The van der Waals surface area contributed by atoms with Gasteiger partial charge in [0.15, 0.2) is 4.77 Å². The van der Waals surface area contributed by atoms with E-state index in [1.54, 1.807) is 12.2 Å². The fourth-order valence-electron chi connectivity index (χ4n) is 0.894. The van der Waals surface area contributed by atoms with Gasteiger partial charge in [-0.25, -0.2) is 4.98 Å². The number of nitrogens with zero attached hydrogens (tertiary/aromatic N) is 1. The third-order valence-corrected chi connectivity index (χ3v) is 1.63. The van der Waals surface area contributed by atoms with Crippen LogP contribution in [0.1, 0.15) is 11.3 Å². The molecule has 0 amide bonds. The van der Waals surface area contributed by atoms with Crippen molar-refractivity contribution in [3.63, 3.8) is 0 Å². The summed E-state index contributed by atoms with van der Waals surface area (Å²) in [5, 5.41) is 0. The predicted molar refractivity (Wildman–Crippen MR) is 54.0 cm³/mol. The van der Waals surface area contributed by atoms with E-state index in [2.05, 4.69) is 23.1 Å². The van der Waals surface area contributed by atoms with Gasteiger partial charge in [0, 0.05) is 5.56 Å². The molecule has 1 aromatic rings. The number of aromatic nitrogens is 2. The molecule has 0 fully saturated rings. The first-order valence-corrected chi connectivity index (χ1v) is 3.74. The number of H-pyrrole nitrogens is 1. The first kappa shape index (κ1) is 8.67. The first-order chi connectivity index (χ1) is 5.69. The van der Waals surface area contributed by atoms with E-state index in [0.717, 1.165) is 11.3 Å². The number of anilines is 1. The number of nitrogen functional groups attached to an aromatic ring is 1. The van der Waals surface area contributed by atoms with Crippen molar-refractivity contribution in [1.29, 1.82) is 0 Å². The third-order valence-electron chi connectivity index (χ3n) is 1.44. The normalized spacial score (nSPS) is 9.33. The molecule has 0 unspecified atom stereocenters. The Morgan fingerprint density at radius 2 is 2.08 bits per heavy atom. The second kappa shape index (κ2) is 3.32. The lowest BCUT2D eigenvalue weighted by atomic mass is 10.2. The van der Waals surface area contributed by atoms with Crippen LogP contribution in [0.15, 0.2) is 13.2 Å². The van der Waals surface area contributed by atoms with Gasteiger partial charge < -0.3 is 10.7 Å². The molecule has 4 heteroatoms. The Labute approximate surface area is 75.6 Å². The van der Waals surface area contributed by atoms with E-state index in [4.69, 9.17) is 18.0 Å². The molecule has 0 bridgehead atoms. The summed E-state index contributed by atoms with van der Waals surface area (Å²) in [7, 11) is 0. The fraction of sp³-hybridized carbons (Fsp3) is 0. The van der Waals surface area contributed by atoms with Gasteiger partial charge >= 0.3 is 0 Å². The second-order valence-electron chi connectivity index (χ2n) is 2.16. The highest BCUT2D eigenvalue weighted by atomic mass is 32.1. The summed E-state index contributed by atoms with van der Waals surface area (Å²) in [6.07, 6.45) is 3.25. The summed E-state index contributed by atoms with van der Waals surface area (Å²) < 4.78 is 0.355. The Hall–Kier alpha value is -1.42. The maximum absolute atomic E-state index is 5.59. The molecule has 3 nitrogen and oxygen atoms in total. The van der Waals surface area contributed by atoms with Crippen molar-refractivity contribution in [2.24, 2.45) is 0 Å². The van der Waals surface area contributed by atoms with Crippen molar-refractivity contribution in [2.75, 3.05) is 5.73 Å². The van der Waals surface area contributed by atoms with Gasteiger partial charge in [-0.05, 0) is 18.3 Å². The fourth-order valence-corrected chi connectivity index (χ4v) is 1.10. The van der Waals surface area contributed by atoms with Crippen LogP contribution in [0.3, 0.4) is 0 Å². The van der Waals surface area contributed by atoms with Crippen LogP contribution in [0, 0.1) is 4.77 Å². The minimum Gasteiger partial charge on any atom is -0.383 e. The summed E-state index contributed by atoms with van der Waals surface area (Å²) >= 11 is 4.83. The zero-order valence-electron chi connectivity index (χ0n) is 6.50. The van der Waals surface area contributed by atoms with Gasteiger partial charge in [-0.3, -0.25) is 0 Å². The van der Waals surface area contributed by atoms with Gasteiger partial charge in [0.25, 0.3) is 0 Å². The SMILES string of the molecule is C=Cc1[nH]c(=S)nc(N)c1C=C. The lowest BCUT2D eigenvalue weighted by molar-refractivity contribution is 1.12. The second-order valence-corrected chi connectivity index (χ2v) is 2.55. The van der Waals surface area contributed by atoms with E-state index in [1.165, 1.54) is 0 Å². The molecule has 1 heterocycles. The number of nitrogens with two attached hydrogens (primary N) is 1. The number of nitrogens with one attached hydrogen (secondary N) is 1. The van der Waals surface area contributed by atoms with Crippen molar-refractivity contribution >= 4 is 30.2 Å². The van der Waals surface area contributed by atoms with Crippen LogP contribution in [-0.4, -0.2) is 9.97 Å². The van der Waals surface area contributed by atoms with Crippen LogP contribution in [0.25, 0.3) is 12.2 Å². The largest absolute Gasteiger partial charge is 0.383 e. The van der Waals surface area contributed by atoms with E-state index in [0.29, 0.717) is 10.6 Å². The average Bonchev–Trinajstić information content (AvgIpc) is 2.03. The zero-order valence-corrected chi connectivity index (χ0v) is 7.32. The minimum atomic E-state index is 0.355. The van der Waals surface area contributed by atoms with Crippen molar-refractivity contribution in [1.82, 2.24) is 9.97 Å². The van der Waals surface area contributed by atoms with Gasteiger partial charge in [0.1, 0.15) is 5.82 Å². The van der Waals surface area contributed by atoms with E-state index >= 15 is 0 Å². The van der Waals surface area contributed by atoms with Crippen LogP contribution in [0.2, 0.25) is 0 Å². The summed E-state index contributed by atoms with van der Waals surface area (Å²) in [5.41, 5.74) is 7.08. The first-order valence-electron chi connectivity index (χ1n) is 3.33. The molecule has 1 rings (SSSR count). The van der Waals surface area contributed by atoms with Crippen LogP contribution in [0.5, 0.6) is 0 Å². The Kier molecular flexibility index (Phi) is 2.40. The summed E-state index contributed by atoms with van der Waals surface area (Å²) in [5.74, 6) is 0.378. The average molecular weight is 179 g/mol. The molecule has 3 N–H and O–H groups in total. The topological polar surface area (TPSA) is 54.7 Å². The third kappa shape index (κ3) is 1.43. The van der Waals surface area contributed by atoms with Crippen molar-refractivity contribution < 1.29 is 0 Å². The smallest absolute Gasteiger partial charge is 0.199 e. The van der Waals surface area contributed by atoms with Crippen molar-refractivity contribution in [2.45, 2.75) is 0 Å². The molecular weight excluding hydrogens is 170 g/mol. The van der Waals surface area contributed by atoms with Crippen LogP contribution >= 0.6 is 12.2 Å². The van der Waals surface area contributed by atoms with Crippen molar-refractivity contribution in [3.8, 4) is 0 Å². The highest BCUT2D eigenvalue weighted by Crippen LogP contribution is 2.14. The molecule has 0 spiro atoms. The highest BCUT2D eigenvalue weighted by Gasteiger charge is 2.01. The molecule has 0 aromatic carbocycles. The lowest BCUT2D eigenvalue weighted by Crippen LogP contribution is -1.99. The highest BCUT2D eigenvalue weighted by molar-refractivity contribution is 7.71. The molecule has 0 saturated carbocycles. The van der Waals surface area contributed by atoms with Gasteiger partial charge in [-0.15, -0.1) is 0 Å². The van der Waals surface area contributed by atoms with E-state index in [9.17, 15) is 0 Å². The summed E-state index contributed by atoms with van der Waals surface area (Å²) in [6, 6.07) is 0.